The molecular weight excluding hydrogens is 1290 g/mol. The summed E-state index contributed by atoms with van der Waals surface area (Å²) in [5.74, 6) is 1.05. The molecule has 0 spiro atoms. The summed E-state index contributed by atoms with van der Waals surface area (Å²) in [6, 6.07) is 37.1. The molecule has 0 bridgehead atoms. The van der Waals surface area contributed by atoms with Gasteiger partial charge in [0.2, 0.25) is 11.8 Å². The Labute approximate surface area is 590 Å². The number of nitrogens with one attached hydrogen (secondary N) is 1. The number of ether oxygens (including phenoxy) is 7. The third kappa shape index (κ3) is 17.4. The molecule has 3 saturated heterocycles. The van der Waals surface area contributed by atoms with Crippen molar-refractivity contribution < 1.29 is 52.3 Å². The van der Waals surface area contributed by atoms with E-state index >= 15 is 0 Å². The summed E-state index contributed by atoms with van der Waals surface area (Å²) < 4.78 is 42.5. The van der Waals surface area contributed by atoms with Gasteiger partial charge in [0, 0.05) is 85.3 Å². The first-order valence-corrected chi connectivity index (χ1v) is 36.4. The summed E-state index contributed by atoms with van der Waals surface area (Å²) in [5, 5.41) is 20.4. The number of piperazine rings is 1. The maximum atomic E-state index is 14.8. The van der Waals surface area contributed by atoms with Crippen LogP contribution in [-0.4, -0.2) is 194 Å². The molecule has 23 heteroatoms. The van der Waals surface area contributed by atoms with Crippen LogP contribution in [0.15, 0.2) is 115 Å². The minimum Gasteiger partial charge on any atom is -0.491 e. The zero-order valence-corrected chi connectivity index (χ0v) is 59.4. The van der Waals surface area contributed by atoms with Gasteiger partial charge in [-0.05, 0) is 114 Å². The summed E-state index contributed by atoms with van der Waals surface area (Å²) in [4.78, 5) is 82.2. The number of amides is 4. The van der Waals surface area contributed by atoms with Crippen LogP contribution in [0.25, 0.3) is 32.8 Å². The number of likely N-dealkylation sites (N-methyl/N-ethyl adjacent to an activating group) is 2. The number of benzene rings is 5. The van der Waals surface area contributed by atoms with Crippen LogP contribution in [0.4, 0.5) is 21.1 Å². The fourth-order valence-electron chi connectivity index (χ4n) is 14.5. The number of nitriles is 1. The molecule has 5 aromatic carbocycles. The van der Waals surface area contributed by atoms with Gasteiger partial charge in [-0.15, -0.1) is 11.3 Å². The number of aromatic nitrogens is 3. The number of hydrogen-bond donors (Lipinski definition) is 1. The Kier molecular flexibility index (Phi) is 23.6. The maximum Gasteiger partial charge on any atom is 0.410 e. The summed E-state index contributed by atoms with van der Waals surface area (Å²) in [6.07, 6.45) is 7.00. The van der Waals surface area contributed by atoms with Crippen LogP contribution in [0.5, 0.6) is 11.8 Å². The number of anilines is 2. The number of fused-ring (bicyclic) bond motifs is 3. The van der Waals surface area contributed by atoms with Crippen LogP contribution in [0.1, 0.15) is 113 Å². The molecule has 5 aliphatic rings. The Balaban J connectivity index is 0.595. The lowest BCUT2D eigenvalue weighted by atomic mass is 9.83. The molecular formula is C77H95N11O11S. The van der Waals surface area contributed by atoms with Crippen molar-refractivity contribution in [1.29, 1.82) is 5.26 Å². The average molecular weight is 1380 g/mol. The second-order valence-electron chi connectivity index (χ2n) is 27.9. The van der Waals surface area contributed by atoms with Gasteiger partial charge in [0.25, 0.3) is 0 Å². The molecule has 100 heavy (non-hydrogen) atoms. The van der Waals surface area contributed by atoms with Gasteiger partial charge in [0.15, 0.2) is 0 Å². The van der Waals surface area contributed by atoms with Crippen molar-refractivity contribution in [2.75, 3.05) is 109 Å². The van der Waals surface area contributed by atoms with Crippen LogP contribution in [0, 0.1) is 17.2 Å². The fourth-order valence-corrected chi connectivity index (χ4v) is 15.5. The van der Waals surface area contributed by atoms with E-state index in [2.05, 4.69) is 93.1 Å². The van der Waals surface area contributed by atoms with Gasteiger partial charge in [0.1, 0.15) is 54.1 Å². The molecule has 530 valence electrons. The van der Waals surface area contributed by atoms with E-state index in [1.54, 1.807) is 51.0 Å². The normalized spacial score (nSPS) is 19.6. The number of nitrogens with zero attached hydrogens (tertiary/aromatic N) is 10. The minimum absolute atomic E-state index is 0.00219. The van der Waals surface area contributed by atoms with E-state index in [0.29, 0.717) is 91.4 Å². The van der Waals surface area contributed by atoms with Crippen molar-refractivity contribution in [2.24, 2.45) is 5.92 Å². The quantitative estimate of drug-likeness (QED) is 0.0497. The molecule has 0 radical (unpaired) electrons. The summed E-state index contributed by atoms with van der Waals surface area (Å²) in [5.41, 5.74) is 5.08. The van der Waals surface area contributed by atoms with E-state index < -0.39 is 35.9 Å². The van der Waals surface area contributed by atoms with Crippen molar-refractivity contribution >= 4 is 68.4 Å². The molecule has 0 unspecified atom stereocenters. The van der Waals surface area contributed by atoms with Gasteiger partial charge in [-0.1, -0.05) is 110 Å². The van der Waals surface area contributed by atoms with Gasteiger partial charge >= 0.3 is 18.2 Å². The van der Waals surface area contributed by atoms with Gasteiger partial charge < -0.3 is 58.1 Å². The number of thiazole rings is 1. The third-order valence-electron chi connectivity index (χ3n) is 20.0. The molecule has 4 fully saturated rings. The second-order valence-corrected chi connectivity index (χ2v) is 28.8. The summed E-state index contributed by atoms with van der Waals surface area (Å²) >= 11 is 1.55. The van der Waals surface area contributed by atoms with E-state index in [-0.39, 0.29) is 48.9 Å². The zero-order valence-electron chi connectivity index (χ0n) is 58.6. The van der Waals surface area contributed by atoms with Crippen molar-refractivity contribution in [1.82, 2.24) is 39.9 Å². The predicted molar refractivity (Wildman–Crippen MR) is 384 cm³/mol. The van der Waals surface area contributed by atoms with Crippen molar-refractivity contribution in [3.05, 3.63) is 136 Å². The van der Waals surface area contributed by atoms with Gasteiger partial charge in [-0.2, -0.15) is 15.2 Å². The van der Waals surface area contributed by atoms with Crippen LogP contribution in [0.3, 0.4) is 0 Å². The number of likely N-dealkylation sites (tertiary alicyclic amines) is 2. The lowest BCUT2D eigenvalue weighted by molar-refractivity contribution is -0.140. The Morgan fingerprint density at radius 1 is 0.740 bits per heavy atom. The molecule has 4 amide bonds. The molecule has 2 aromatic heterocycles. The first-order valence-electron chi connectivity index (χ1n) is 35.6. The Morgan fingerprint density at radius 2 is 1.48 bits per heavy atom. The van der Waals surface area contributed by atoms with E-state index in [9.17, 15) is 24.4 Å². The number of carbonyl (C=O) groups is 4. The van der Waals surface area contributed by atoms with Crippen LogP contribution >= 0.6 is 11.3 Å². The summed E-state index contributed by atoms with van der Waals surface area (Å²) in [6.45, 7) is 13.9. The van der Waals surface area contributed by atoms with Gasteiger partial charge in [-0.25, -0.2) is 14.6 Å². The summed E-state index contributed by atoms with van der Waals surface area (Å²) in [7, 11) is 3.64. The molecule has 12 rings (SSSR count). The van der Waals surface area contributed by atoms with Crippen LogP contribution < -0.4 is 24.6 Å². The Morgan fingerprint density at radius 3 is 2.27 bits per heavy atom. The van der Waals surface area contributed by atoms with E-state index in [1.165, 1.54) is 15.7 Å². The first-order chi connectivity index (χ1) is 48.6. The molecule has 7 aromatic rings. The van der Waals surface area contributed by atoms with Crippen molar-refractivity contribution in [3.8, 4) is 29.1 Å². The van der Waals surface area contributed by atoms with Crippen molar-refractivity contribution in [2.45, 2.75) is 147 Å². The monoisotopic (exact) mass is 1380 g/mol. The Hall–Kier alpha value is -8.66. The highest BCUT2D eigenvalue weighted by Crippen LogP contribution is 2.41. The first kappa shape index (κ1) is 71.2. The lowest BCUT2D eigenvalue weighted by Gasteiger charge is -2.42. The number of rotatable bonds is 26. The van der Waals surface area contributed by atoms with E-state index in [1.807, 2.05) is 59.5 Å². The van der Waals surface area contributed by atoms with E-state index in [4.69, 9.17) is 48.1 Å². The fraction of sp³-hybridized carbons (Fsp3) is 0.506. The van der Waals surface area contributed by atoms with Gasteiger partial charge in [0.05, 0.1) is 81.6 Å². The molecule has 1 aliphatic carbocycles. The number of carbonyl (C=O) groups excluding carboxylic acids is 4. The number of hydrogen-bond acceptors (Lipinski definition) is 19. The highest BCUT2D eigenvalue weighted by Gasteiger charge is 2.42. The highest BCUT2D eigenvalue weighted by molar-refractivity contribution is 7.10. The van der Waals surface area contributed by atoms with Crippen LogP contribution in [0.2, 0.25) is 0 Å². The average Bonchev–Trinajstić information content (AvgIpc) is 1.34. The molecule has 6 atom stereocenters. The minimum atomic E-state index is -0.841. The van der Waals surface area contributed by atoms with Crippen molar-refractivity contribution in [3.63, 3.8) is 0 Å². The molecule has 1 saturated carbocycles. The second kappa shape index (κ2) is 33.2. The van der Waals surface area contributed by atoms with E-state index in [0.717, 1.165) is 126 Å². The third-order valence-corrected chi connectivity index (χ3v) is 20.9. The molecule has 22 nitrogen and oxygen atoms in total. The molecule has 1 N–H and O–H groups in total. The SMILES string of the molecule is C[C@@H](C(=O)N[C@H](C(=O)N1CCC[C@H]1c1nc(-c2ccc(OCCOCCOCCO[C@@H]3C[C@@H](COc4nc5c(c(N6CCN(C(=O)OCc7ccccc7)[C@@H](CC#N)C6)n4)CCN(c4cccc6ccccc46)C5)N(C)C3)c3ccccc23)cs1)C1CCCCC1)N(C)C(=O)OC(C)(C)C. The maximum absolute atomic E-state index is 14.8. The predicted octanol–water partition coefficient (Wildman–Crippen LogP) is 11.8. The molecule has 4 aliphatic heterocycles. The largest absolute Gasteiger partial charge is 0.491 e. The topological polar surface area (TPSA) is 227 Å². The Bertz CT molecular complexity index is 3990. The standard InChI is InChI=1S/C77H95N11O11S/c1-52(84(6)75(91)99-77(2,3)4)71(89)81-69(55-22-11-8-12-23-55)73(90)88-35-18-29-67(88)72-79-65(51-100-72)61-30-31-68(62-27-16-15-26-60(61)62)96-44-42-94-40-39-93-41-43-95-58-45-57(83(5)47-58)50-97-74-80-64-48-85(66-28-17-24-54-21-13-14-25-59(54)66)36-33-63(64)70(82-74)86-37-38-87(56(46-86)32-34-78)76(92)98-49-53-19-9-7-10-20-53/h7,9-10,13-17,19-21,24-28,30-31,51-52,55-58,67,69H,8,11-12,18,22-23,29,32-33,35-50H2,1-6H3,(H,81,89)/t52-,56-,57-,58+,67-,69-/m0/s1. The van der Waals surface area contributed by atoms with Crippen LogP contribution in [-0.2, 0) is 52.8 Å². The zero-order chi connectivity index (χ0) is 69.7. The highest BCUT2D eigenvalue weighted by atomic mass is 32.1. The smallest absolute Gasteiger partial charge is 0.410 e. The lowest BCUT2D eigenvalue weighted by Crippen LogP contribution is -2.56. The molecule has 6 heterocycles. The van der Waals surface area contributed by atoms with Gasteiger partial charge in [-0.3, -0.25) is 19.4 Å².